The Balaban J connectivity index is 1.85. The molecule has 1 fully saturated rings. The maximum absolute atomic E-state index is 13.3. The highest BCUT2D eigenvalue weighted by Gasteiger charge is 2.37. The lowest BCUT2D eigenvalue weighted by Crippen LogP contribution is -2.49. The molecular weight excluding hydrogens is 398 g/mol. The van der Waals surface area contributed by atoms with Crippen LogP contribution in [0.1, 0.15) is 19.3 Å². The molecular formula is C18H17ClF2N2O3S. The third kappa shape index (κ3) is 4.28. The first-order chi connectivity index (χ1) is 12.8. The molecule has 1 aliphatic rings. The van der Waals surface area contributed by atoms with E-state index in [4.69, 9.17) is 11.6 Å². The largest absolute Gasteiger partial charge is 0.325 e. The topological polar surface area (TPSA) is 66.5 Å². The van der Waals surface area contributed by atoms with E-state index in [1.807, 2.05) is 0 Å². The van der Waals surface area contributed by atoms with Gasteiger partial charge in [-0.2, -0.15) is 4.31 Å². The standard InChI is InChI=1S/C18H17ClF2N2O3S/c19-15-11-13(6-9-16(15)21)22-18(24)17-3-1-2-10-23(17)27(25,26)14-7-4-12(20)5-8-14/h4-9,11,17H,1-3,10H2,(H,22,24). The van der Waals surface area contributed by atoms with E-state index in [-0.39, 0.29) is 22.2 Å². The van der Waals surface area contributed by atoms with Gasteiger partial charge < -0.3 is 5.32 Å². The van der Waals surface area contributed by atoms with Crippen molar-refractivity contribution in [2.45, 2.75) is 30.2 Å². The Hall–Kier alpha value is -2.03. The summed E-state index contributed by atoms with van der Waals surface area (Å²) < 4.78 is 53.3. The summed E-state index contributed by atoms with van der Waals surface area (Å²) in [5.74, 6) is -1.69. The minimum absolute atomic E-state index is 0.0755. The fourth-order valence-corrected chi connectivity index (χ4v) is 4.83. The second kappa shape index (κ2) is 7.92. The number of anilines is 1. The molecule has 5 nitrogen and oxygen atoms in total. The summed E-state index contributed by atoms with van der Waals surface area (Å²) >= 11 is 5.71. The molecule has 2 aromatic rings. The molecule has 0 saturated carbocycles. The van der Waals surface area contributed by atoms with E-state index >= 15 is 0 Å². The first kappa shape index (κ1) is 19.7. The highest BCUT2D eigenvalue weighted by molar-refractivity contribution is 7.89. The molecule has 0 aliphatic carbocycles. The van der Waals surface area contributed by atoms with Gasteiger partial charge in [0.25, 0.3) is 0 Å². The smallest absolute Gasteiger partial charge is 0.243 e. The third-order valence-corrected chi connectivity index (χ3v) is 6.58. The predicted octanol–water partition coefficient (Wildman–Crippen LogP) is 3.80. The van der Waals surface area contributed by atoms with Gasteiger partial charge in [0, 0.05) is 12.2 Å². The average molecular weight is 415 g/mol. The molecule has 0 radical (unpaired) electrons. The van der Waals surface area contributed by atoms with Crippen molar-refractivity contribution in [1.29, 1.82) is 0 Å². The van der Waals surface area contributed by atoms with E-state index in [1.54, 1.807) is 0 Å². The van der Waals surface area contributed by atoms with Crippen molar-refractivity contribution in [2.24, 2.45) is 0 Å². The maximum Gasteiger partial charge on any atom is 0.243 e. The van der Waals surface area contributed by atoms with Crippen LogP contribution < -0.4 is 5.32 Å². The lowest BCUT2D eigenvalue weighted by Gasteiger charge is -2.33. The van der Waals surface area contributed by atoms with Crippen LogP contribution in [0.3, 0.4) is 0 Å². The zero-order valence-corrected chi connectivity index (χ0v) is 15.7. The van der Waals surface area contributed by atoms with Gasteiger partial charge in [0.05, 0.1) is 9.92 Å². The zero-order valence-electron chi connectivity index (χ0n) is 14.2. The number of sulfonamides is 1. The second-order valence-corrected chi connectivity index (χ2v) is 8.50. The Labute approximate surface area is 161 Å². The van der Waals surface area contributed by atoms with Crippen molar-refractivity contribution in [3.8, 4) is 0 Å². The lowest BCUT2D eigenvalue weighted by molar-refractivity contribution is -0.120. The van der Waals surface area contributed by atoms with Crippen molar-refractivity contribution in [1.82, 2.24) is 4.31 Å². The van der Waals surface area contributed by atoms with Crippen molar-refractivity contribution in [3.05, 3.63) is 59.1 Å². The van der Waals surface area contributed by atoms with Crippen molar-refractivity contribution in [3.63, 3.8) is 0 Å². The molecule has 0 aromatic heterocycles. The van der Waals surface area contributed by atoms with Crippen molar-refractivity contribution < 1.29 is 22.0 Å². The molecule has 1 atom stereocenters. The molecule has 1 aliphatic heterocycles. The zero-order chi connectivity index (χ0) is 19.6. The fraction of sp³-hybridized carbons (Fsp3) is 0.278. The highest BCUT2D eigenvalue weighted by Crippen LogP contribution is 2.27. The summed E-state index contributed by atoms with van der Waals surface area (Å²) in [6.07, 6.45) is 1.66. The fourth-order valence-electron chi connectivity index (χ4n) is 3.00. The SMILES string of the molecule is O=C(Nc1ccc(F)c(Cl)c1)C1CCCCN1S(=O)(=O)c1ccc(F)cc1. The van der Waals surface area contributed by atoms with Crippen LogP contribution in [0, 0.1) is 11.6 Å². The third-order valence-electron chi connectivity index (χ3n) is 4.36. The summed E-state index contributed by atoms with van der Waals surface area (Å²) in [4.78, 5) is 12.6. The Kier molecular flexibility index (Phi) is 5.78. The summed E-state index contributed by atoms with van der Waals surface area (Å²) in [6.45, 7) is 0.183. The van der Waals surface area contributed by atoms with Crippen LogP contribution >= 0.6 is 11.6 Å². The van der Waals surface area contributed by atoms with Gasteiger partial charge in [-0.3, -0.25) is 4.79 Å². The molecule has 9 heteroatoms. The normalized spacial score (nSPS) is 18.3. The quantitative estimate of drug-likeness (QED) is 0.827. The van der Waals surface area contributed by atoms with E-state index in [9.17, 15) is 22.0 Å². The van der Waals surface area contributed by atoms with Crippen LogP contribution in [0.4, 0.5) is 14.5 Å². The molecule has 144 valence electrons. The first-order valence-electron chi connectivity index (χ1n) is 8.32. The highest BCUT2D eigenvalue weighted by atomic mass is 35.5. The van der Waals surface area contributed by atoms with Gasteiger partial charge in [0.2, 0.25) is 15.9 Å². The Bertz CT molecular complexity index is 952. The summed E-state index contributed by atoms with van der Waals surface area (Å²) in [5, 5.41) is 2.44. The monoisotopic (exact) mass is 414 g/mol. The van der Waals surface area contributed by atoms with E-state index < -0.39 is 33.6 Å². The molecule has 1 saturated heterocycles. The molecule has 0 bridgehead atoms. The molecule has 1 heterocycles. The van der Waals surface area contributed by atoms with Crippen LogP contribution in [0.25, 0.3) is 0 Å². The van der Waals surface area contributed by atoms with E-state index in [0.29, 0.717) is 19.3 Å². The van der Waals surface area contributed by atoms with E-state index in [1.165, 1.54) is 24.3 Å². The molecule has 3 rings (SSSR count). The number of benzene rings is 2. The number of nitrogens with one attached hydrogen (secondary N) is 1. The van der Waals surface area contributed by atoms with Gasteiger partial charge in [0.1, 0.15) is 17.7 Å². The Morgan fingerprint density at radius 1 is 1.11 bits per heavy atom. The van der Waals surface area contributed by atoms with Gasteiger partial charge in [-0.15, -0.1) is 0 Å². The molecule has 1 N–H and O–H groups in total. The minimum Gasteiger partial charge on any atom is -0.325 e. The predicted molar refractivity (Wildman–Crippen MR) is 98.0 cm³/mol. The lowest BCUT2D eigenvalue weighted by atomic mass is 10.0. The van der Waals surface area contributed by atoms with Crippen LogP contribution in [-0.2, 0) is 14.8 Å². The number of amides is 1. The van der Waals surface area contributed by atoms with Crippen molar-refractivity contribution in [2.75, 3.05) is 11.9 Å². The molecule has 1 unspecified atom stereocenters. The van der Waals surface area contributed by atoms with Gasteiger partial charge in [-0.25, -0.2) is 17.2 Å². The number of carbonyl (C=O) groups excluding carboxylic acids is 1. The van der Waals surface area contributed by atoms with E-state index in [0.717, 1.165) is 22.5 Å². The molecule has 1 amide bonds. The Morgan fingerprint density at radius 3 is 2.48 bits per heavy atom. The van der Waals surface area contributed by atoms with Gasteiger partial charge in [0.15, 0.2) is 0 Å². The number of rotatable bonds is 4. The molecule has 27 heavy (non-hydrogen) atoms. The number of nitrogens with zero attached hydrogens (tertiary/aromatic N) is 1. The first-order valence-corrected chi connectivity index (χ1v) is 10.1. The number of hydrogen-bond donors (Lipinski definition) is 1. The van der Waals surface area contributed by atoms with Crippen LogP contribution in [0.15, 0.2) is 47.4 Å². The maximum atomic E-state index is 13.3. The molecule has 2 aromatic carbocycles. The number of piperidine rings is 1. The van der Waals surface area contributed by atoms with Gasteiger partial charge in [-0.1, -0.05) is 18.0 Å². The summed E-state index contributed by atoms with van der Waals surface area (Å²) in [7, 11) is -3.96. The minimum atomic E-state index is -3.96. The average Bonchev–Trinajstić information content (AvgIpc) is 2.65. The second-order valence-electron chi connectivity index (χ2n) is 6.20. The number of carbonyl (C=O) groups is 1. The summed E-state index contributed by atoms with van der Waals surface area (Å²) in [6, 6.07) is 7.28. The van der Waals surface area contributed by atoms with Crippen LogP contribution in [-0.4, -0.2) is 31.2 Å². The molecule has 0 spiro atoms. The van der Waals surface area contributed by atoms with Crippen molar-refractivity contribution >= 4 is 33.2 Å². The Morgan fingerprint density at radius 2 is 1.81 bits per heavy atom. The van der Waals surface area contributed by atoms with Gasteiger partial charge in [-0.05, 0) is 55.3 Å². The number of hydrogen-bond acceptors (Lipinski definition) is 3. The van der Waals surface area contributed by atoms with E-state index in [2.05, 4.69) is 5.32 Å². The number of halogens is 3. The van der Waals surface area contributed by atoms with Gasteiger partial charge >= 0.3 is 0 Å². The van der Waals surface area contributed by atoms with Crippen LogP contribution in [0.2, 0.25) is 5.02 Å². The summed E-state index contributed by atoms with van der Waals surface area (Å²) in [5.41, 5.74) is 0.274. The van der Waals surface area contributed by atoms with Crippen LogP contribution in [0.5, 0.6) is 0 Å².